The molecule has 0 aliphatic carbocycles. The molecular weight excluding hydrogens is 394 g/mol. The highest BCUT2D eigenvalue weighted by atomic mass is 16.5. The van der Waals surface area contributed by atoms with E-state index in [-0.39, 0.29) is 23.6 Å². The SMILES string of the molecule is CNC(=O)C12CCCCN(C(=O)C(C)C)CCOc3ccccc3C(=O)N(CC1)CC2. The summed E-state index contributed by atoms with van der Waals surface area (Å²) in [5, 5.41) is 2.84. The molecule has 3 aliphatic heterocycles. The standard InChI is InChI=1S/C24H35N3O4/c1-18(2)21(28)26-13-7-6-10-24(23(30)25-3)11-14-27(15-12-24)22(29)19-8-4-5-9-20(19)31-17-16-26/h4-5,8-9,18H,6-7,10-17H2,1-3H3,(H,25,30). The Hall–Kier alpha value is -2.57. The van der Waals surface area contributed by atoms with Crippen molar-refractivity contribution in [2.45, 2.75) is 46.0 Å². The topological polar surface area (TPSA) is 79.0 Å². The number of para-hydroxylation sites is 1. The van der Waals surface area contributed by atoms with Gasteiger partial charge in [-0.15, -0.1) is 0 Å². The lowest BCUT2D eigenvalue weighted by atomic mass is 9.73. The van der Waals surface area contributed by atoms with Gasteiger partial charge in [-0.05, 0) is 37.8 Å². The van der Waals surface area contributed by atoms with Crippen molar-refractivity contribution in [3.05, 3.63) is 29.8 Å². The largest absolute Gasteiger partial charge is 0.491 e. The van der Waals surface area contributed by atoms with Gasteiger partial charge in [0.05, 0.1) is 17.5 Å². The molecule has 0 aromatic heterocycles. The first kappa shape index (κ1) is 23.1. The summed E-state index contributed by atoms with van der Waals surface area (Å²) in [6, 6.07) is 7.28. The van der Waals surface area contributed by atoms with Gasteiger partial charge in [0.15, 0.2) is 0 Å². The van der Waals surface area contributed by atoms with E-state index in [9.17, 15) is 14.4 Å². The van der Waals surface area contributed by atoms with Gasteiger partial charge in [-0.3, -0.25) is 14.4 Å². The molecule has 7 heteroatoms. The van der Waals surface area contributed by atoms with Crippen molar-refractivity contribution in [3.8, 4) is 5.75 Å². The van der Waals surface area contributed by atoms with Gasteiger partial charge in [-0.1, -0.05) is 32.4 Å². The van der Waals surface area contributed by atoms with Crippen LogP contribution in [0.4, 0.5) is 0 Å². The Morgan fingerprint density at radius 1 is 1.03 bits per heavy atom. The Morgan fingerprint density at radius 3 is 2.42 bits per heavy atom. The van der Waals surface area contributed by atoms with Gasteiger partial charge in [0.1, 0.15) is 12.4 Å². The summed E-state index contributed by atoms with van der Waals surface area (Å²) in [7, 11) is 1.68. The van der Waals surface area contributed by atoms with Crippen molar-refractivity contribution >= 4 is 17.7 Å². The molecule has 3 amide bonds. The quantitative estimate of drug-likeness (QED) is 0.784. The summed E-state index contributed by atoms with van der Waals surface area (Å²) >= 11 is 0. The second-order valence-electron chi connectivity index (χ2n) is 8.93. The number of carbonyl (C=O) groups is 3. The summed E-state index contributed by atoms with van der Waals surface area (Å²) in [6.07, 6.45) is 3.78. The summed E-state index contributed by atoms with van der Waals surface area (Å²) < 4.78 is 5.97. The van der Waals surface area contributed by atoms with Gasteiger partial charge in [0.25, 0.3) is 5.91 Å². The van der Waals surface area contributed by atoms with Crippen LogP contribution >= 0.6 is 0 Å². The van der Waals surface area contributed by atoms with E-state index in [1.807, 2.05) is 35.8 Å². The minimum Gasteiger partial charge on any atom is -0.491 e. The Labute approximate surface area is 185 Å². The lowest BCUT2D eigenvalue weighted by molar-refractivity contribution is -0.135. The van der Waals surface area contributed by atoms with Crippen LogP contribution in [0.1, 0.15) is 56.3 Å². The molecule has 1 fully saturated rings. The normalized spacial score (nSPS) is 19.8. The third-order valence-electron chi connectivity index (χ3n) is 6.59. The van der Waals surface area contributed by atoms with Crippen molar-refractivity contribution in [1.82, 2.24) is 15.1 Å². The van der Waals surface area contributed by atoms with Crippen LogP contribution in [0.15, 0.2) is 24.3 Å². The lowest BCUT2D eigenvalue weighted by Crippen LogP contribution is -2.49. The van der Waals surface area contributed by atoms with E-state index in [0.717, 1.165) is 19.3 Å². The van der Waals surface area contributed by atoms with Gasteiger partial charge in [0.2, 0.25) is 11.8 Å². The van der Waals surface area contributed by atoms with E-state index >= 15 is 0 Å². The molecule has 7 nitrogen and oxygen atoms in total. The van der Waals surface area contributed by atoms with Crippen molar-refractivity contribution in [2.75, 3.05) is 39.8 Å². The average Bonchev–Trinajstić information content (AvgIpc) is 2.79. The Kier molecular flexibility index (Phi) is 7.57. The molecule has 3 heterocycles. The molecule has 1 N–H and O–H groups in total. The van der Waals surface area contributed by atoms with Crippen molar-refractivity contribution in [2.24, 2.45) is 11.3 Å². The van der Waals surface area contributed by atoms with Crippen LogP contribution in [0, 0.1) is 11.3 Å². The first-order chi connectivity index (χ1) is 14.9. The van der Waals surface area contributed by atoms with Crippen LogP contribution in [-0.2, 0) is 9.59 Å². The lowest BCUT2D eigenvalue weighted by Gasteiger charge is -2.40. The smallest absolute Gasteiger partial charge is 0.257 e. The van der Waals surface area contributed by atoms with Gasteiger partial charge in [-0.25, -0.2) is 0 Å². The Balaban J connectivity index is 1.87. The van der Waals surface area contributed by atoms with Crippen LogP contribution in [0.25, 0.3) is 0 Å². The predicted molar refractivity (Wildman–Crippen MR) is 119 cm³/mol. The van der Waals surface area contributed by atoms with E-state index in [0.29, 0.717) is 56.9 Å². The van der Waals surface area contributed by atoms with E-state index in [2.05, 4.69) is 5.32 Å². The second-order valence-corrected chi connectivity index (χ2v) is 8.93. The zero-order chi connectivity index (χ0) is 22.4. The number of ether oxygens (including phenoxy) is 1. The van der Waals surface area contributed by atoms with E-state index in [4.69, 9.17) is 4.74 Å². The molecule has 0 spiro atoms. The Bertz CT molecular complexity index is 800. The molecule has 1 saturated heterocycles. The van der Waals surface area contributed by atoms with Gasteiger partial charge in [0, 0.05) is 32.6 Å². The number of benzene rings is 1. The van der Waals surface area contributed by atoms with E-state index in [1.54, 1.807) is 19.2 Å². The third kappa shape index (κ3) is 5.20. The zero-order valence-electron chi connectivity index (χ0n) is 19.0. The minimum absolute atomic E-state index is 0.0581. The maximum atomic E-state index is 13.2. The van der Waals surface area contributed by atoms with Crippen LogP contribution in [-0.4, -0.2) is 67.4 Å². The summed E-state index contributed by atoms with van der Waals surface area (Å²) in [5.41, 5.74) is 0.0841. The van der Waals surface area contributed by atoms with Crippen LogP contribution < -0.4 is 10.1 Å². The zero-order valence-corrected chi connectivity index (χ0v) is 19.0. The molecule has 31 heavy (non-hydrogen) atoms. The number of hydrogen-bond donors (Lipinski definition) is 1. The number of nitrogens with zero attached hydrogens (tertiary/aromatic N) is 2. The predicted octanol–water partition coefficient (Wildman–Crippen LogP) is 2.70. The second kappa shape index (κ2) is 10.2. The molecular formula is C24H35N3O4. The fourth-order valence-corrected chi connectivity index (χ4v) is 4.66. The maximum Gasteiger partial charge on any atom is 0.257 e. The number of carbonyl (C=O) groups excluding carboxylic acids is 3. The van der Waals surface area contributed by atoms with E-state index < -0.39 is 5.41 Å². The number of nitrogens with one attached hydrogen (secondary N) is 1. The molecule has 1 aromatic carbocycles. The van der Waals surface area contributed by atoms with Crippen LogP contribution in [0.2, 0.25) is 0 Å². The first-order valence-corrected chi connectivity index (χ1v) is 11.4. The van der Waals surface area contributed by atoms with Gasteiger partial charge >= 0.3 is 0 Å². The molecule has 0 unspecified atom stereocenters. The summed E-state index contributed by atoms with van der Waals surface area (Å²) in [6.45, 7) is 6.38. The highest BCUT2D eigenvalue weighted by Crippen LogP contribution is 2.38. The molecule has 0 radical (unpaired) electrons. The third-order valence-corrected chi connectivity index (χ3v) is 6.59. The highest BCUT2D eigenvalue weighted by molar-refractivity contribution is 5.97. The number of fused-ring (bicyclic) bond motifs is 9. The molecule has 170 valence electrons. The van der Waals surface area contributed by atoms with Gasteiger partial charge < -0.3 is 19.9 Å². The molecule has 3 aliphatic rings. The van der Waals surface area contributed by atoms with Crippen molar-refractivity contribution < 1.29 is 19.1 Å². The number of piperidine rings is 1. The fraction of sp³-hybridized carbons (Fsp3) is 0.625. The number of rotatable bonds is 2. The molecule has 2 bridgehead atoms. The molecule has 0 atom stereocenters. The average molecular weight is 430 g/mol. The van der Waals surface area contributed by atoms with Gasteiger partial charge in [-0.2, -0.15) is 0 Å². The first-order valence-electron chi connectivity index (χ1n) is 11.4. The van der Waals surface area contributed by atoms with Crippen molar-refractivity contribution in [1.29, 1.82) is 0 Å². The maximum absolute atomic E-state index is 13.2. The Morgan fingerprint density at radius 2 is 1.74 bits per heavy atom. The van der Waals surface area contributed by atoms with E-state index in [1.165, 1.54) is 0 Å². The summed E-state index contributed by atoms with van der Waals surface area (Å²) in [4.78, 5) is 42.4. The number of hydrogen-bond acceptors (Lipinski definition) is 4. The molecule has 4 rings (SSSR count). The van der Waals surface area contributed by atoms with Crippen molar-refractivity contribution in [3.63, 3.8) is 0 Å². The summed E-state index contributed by atoms with van der Waals surface area (Å²) in [5.74, 6) is 0.554. The van der Waals surface area contributed by atoms with Crippen LogP contribution in [0.5, 0.6) is 5.75 Å². The highest BCUT2D eigenvalue weighted by Gasteiger charge is 2.41. The monoisotopic (exact) mass is 429 g/mol. The fourth-order valence-electron chi connectivity index (χ4n) is 4.66. The molecule has 0 saturated carbocycles. The minimum atomic E-state index is -0.450. The molecule has 1 aromatic rings. The van der Waals surface area contributed by atoms with Crippen LogP contribution in [0.3, 0.4) is 0 Å². The number of amides is 3.